The largest absolute Gasteiger partial charge is 0.464 e. The van der Waals surface area contributed by atoms with Gasteiger partial charge in [0, 0.05) is 5.75 Å². The molecule has 4 nitrogen and oxygen atoms in total. The van der Waals surface area contributed by atoms with Crippen molar-refractivity contribution in [3.63, 3.8) is 0 Å². The fraction of sp³-hybridized carbons (Fsp3) is 0.846. The minimum atomic E-state index is -0.469. The molecule has 0 saturated heterocycles. The third kappa shape index (κ3) is 9.32. The summed E-state index contributed by atoms with van der Waals surface area (Å²) in [6.45, 7) is 9.50. The van der Waals surface area contributed by atoms with Gasteiger partial charge in [-0.15, -0.1) is 11.8 Å². The maximum atomic E-state index is 11.9. The molecule has 0 saturated carbocycles. The van der Waals surface area contributed by atoms with Gasteiger partial charge in [-0.1, -0.05) is 22.9 Å². The molecule has 0 aliphatic heterocycles. The van der Waals surface area contributed by atoms with Gasteiger partial charge in [-0.05, 0) is 34.1 Å². The molecule has 19 heavy (non-hydrogen) atoms. The smallest absolute Gasteiger partial charge is 0.319 e. The zero-order valence-corrected chi connectivity index (χ0v) is 14.6. The number of halogens is 1. The van der Waals surface area contributed by atoms with Gasteiger partial charge in [-0.2, -0.15) is 0 Å². The fourth-order valence-electron chi connectivity index (χ4n) is 1.17. The third-order valence-electron chi connectivity index (χ3n) is 2.01. The average molecular weight is 355 g/mol. The maximum absolute atomic E-state index is 11.9. The normalized spacial score (nSPS) is 14.6. The van der Waals surface area contributed by atoms with Gasteiger partial charge in [0.2, 0.25) is 0 Å². The van der Waals surface area contributed by atoms with Gasteiger partial charge in [-0.25, -0.2) is 0 Å². The number of thioether (sulfide) groups is 1. The van der Waals surface area contributed by atoms with Crippen LogP contribution in [0.15, 0.2) is 0 Å². The summed E-state index contributed by atoms with van der Waals surface area (Å²) < 4.78 is 10.4. The van der Waals surface area contributed by atoms with Crippen LogP contribution in [-0.2, 0) is 19.1 Å². The first kappa shape index (κ1) is 18.8. The van der Waals surface area contributed by atoms with Crippen LogP contribution < -0.4 is 0 Å². The van der Waals surface area contributed by atoms with Gasteiger partial charge in [-0.3, -0.25) is 9.59 Å². The van der Waals surface area contributed by atoms with E-state index in [1.54, 1.807) is 6.92 Å². The van der Waals surface area contributed by atoms with E-state index in [0.717, 1.165) is 0 Å². The molecule has 0 N–H and O–H groups in total. The van der Waals surface area contributed by atoms with Crippen LogP contribution in [0.5, 0.6) is 0 Å². The van der Waals surface area contributed by atoms with Crippen LogP contribution in [0, 0.1) is 0 Å². The van der Waals surface area contributed by atoms with Crippen LogP contribution >= 0.6 is 27.7 Å². The number of carbonyl (C=O) groups excluding carboxylic acids is 2. The second kappa shape index (κ2) is 8.84. The molecule has 112 valence electrons. The van der Waals surface area contributed by atoms with E-state index >= 15 is 0 Å². The Morgan fingerprint density at radius 1 is 1.26 bits per heavy atom. The molecule has 0 rings (SSSR count). The first-order valence-electron chi connectivity index (χ1n) is 6.32. The van der Waals surface area contributed by atoms with Gasteiger partial charge in [0.25, 0.3) is 0 Å². The molecule has 0 fully saturated rings. The van der Waals surface area contributed by atoms with E-state index in [9.17, 15) is 9.59 Å². The summed E-state index contributed by atoms with van der Waals surface area (Å²) in [6.07, 6.45) is 0.697. The summed E-state index contributed by atoms with van der Waals surface area (Å²) in [5.41, 5.74) is -0.469. The molecule has 0 aliphatic rings. The third-order valence-corrected chi connectivity index (χ3v) is 3.72. The van der Waals surface area contributed by atoms with Gasteiger partial charge < -0.3 is 9.47 Å². The van der Waals surface area contributed by atoms with E-state index in [0.29, 0.717) is 18.8 Å². The Morgan fingerprint density at radius 2 is 1.84 bits per heavy atom. The second-order valence-electron chi connectivity index (χ2n) is 5.08. The van der Waals surface area contributed by atoms with Crippen molar-refractivity contribution in [1.82, 2.24) is 0 Å². The van der Waals surface area contributed by atoms with E-state index in [1.165, 1.54) is 11.8 Å². The molecule has 0 aromatic carbocycles. The van der Waals surface area contributed by atoms with Crippen molar-refractivity contribution in [3.05, 3.63) is 0 Å². The summed E-state index contributed by atoms with van der Waals surface area (Å²) in [7, 11) is 0. The molecule has 0 aromatic heterocycles. The van der Waals surface area contributed by atoms with Gasteiger partial charge >= 0.3 is 11.9 Å². The zero-order chi connectivity index (χ0) is 15.1. The van der Waals surface area contributed by atoms with E-state index in [2.05, 4.69) is 15.9 Å². The topological polar surface area (TPSA) is 52.6 Å². The van der Waals surface area contributed by atoms with Crippen LogP contribution in [0.2, 0.25) is 0 Å². The highest BCUT2D eigenvalue weighted by atomic mass is 79.9. The highest BCUT2D eigenvalue weighted by Gasteiger charge is 2.24. The Kier molecular flexibility index (Phi) is 8.74. The number of carbonyl (C=O) groups is 2. The van der Waals surface area contributed by atoms with Gasteiger partial charge in [0.05, 0.1) is 0 Å². The number of esters is 2. The monoisotopic (exact) mass is 354 g/mol. The van der Waals surface area contributed by atoms with Crippen LogP contribution in [-0.4, -0.2) is 40.0 Å². The highest BCUT2D eigenvalue weighted by Crippen LogP contribution is 2.19. The number of hydrogen-bond donors (Lipinski definition) is 0. The van der Waals surface area contributed by atoms with Crippen LogP contribution in [0.1, 0.15) is 41.0 Å². The van der Waals surface area contributed by atoms with Crippen molar-refractivity contribution in [2.24, 2.45) is 0 Å². The van der Waals surface area contributed by atoms with Crippen molar-refractivity contribution in [1.29, 1.82) is 0 Å². The minimum Gasteiger partial charge on any atom is -0.464 e. The summed E-state index contributed by atoms with van der Waals surface area (Å²) in [5.74, 6) is 0.0922. The average Bonchev–Trinajstić information content (AvgIpc) is 2.25. The van der Waals surface area contributed by atoms with E-state index in [1.807, 2.05) is 27.7 Å². The quantitative estimate of drug-likeness (QED) is 0.399. The Hall–Kier alpha value is -0.230. The maximum Gasteiger partial charge on any atom is 0.319 e. The van der Waals surface area contributed by atoms with Crippen molar-refractivity contribution in [2.45, 2.75) is 56.7 Å². The van der Waals surface area contributed by atoms with Crippen molar-refractivity contribution >= 4 is 39.6 Å². The Labute approximate surface area is 128 Å². The molecule has 0 amide bonds. The number of ether oxygens (including phenoxy) is 2. The standard InChI is InChI=1S/C13H23BrO4S/c1-6-10(12(16)18-13(3,4)5)19-8-7-17-11(15)9(2)14/h9-10H,6-8H2,1-5H3. The summed E-state index contributed by atoms with van der Waals surface area (Å²) in [6, 6.07) is 0. The lowest BCUT2D eigenvalue weighted by atomic mass is 10.2. The molecule has 0 radical (unpaired) electrons. The van der Waals surface area contributed by atoms with Crippen molar-refractivity contribution < 1.29 is 19.1 Å². The molecule has 0 bridgehead atoms. The molecular formula is C13H23BrO4S. The summed E-state index contributed by atoms with van der Waals surface area (Å²) in [5, 5.41) is -0.209. The SMILES string of the molecule is CCC(SCCOC(=O)C(C)Br)C(=O)OC(C)(C)C. The van der Waals surface area contributed by atoms with E-state index < -0.39 is 5.60 Å². The van der Waals surface area contributed by atoms with Crippen LogP contribution in [0.3, 0.4) is 0 Å². The predicted octanol–water partition coefficient (Wildman–Crippen LogP) is 3.17. The van der Waals surface area contributed by atoms with Crippen LogP contribution in [0.25, 0.3) is 0 Å². The minimum absolute atomic E-state index is 0.208. The van der Waals surface area contributed by atoms with E-state index in [4.69, 9.17) is 9.47 Å². The number of alkyl halides is 1. The van der Waals surface area contributed by atoms with Crippen molar-refractivity contribution in [2.75, 3.05) is 12.4 Å². The van der Waals surface area contributed by atoms with E-state index in [-0.39, 0.29) is 22.0 Å². The molecule has 0 aromatic rings. The predicted molar refractivity (Wildman–Crippen MR) is 81.7 cm³/mol. The highest BCUT2D eigenvalue weighted by molar-refractivity contribution is 9.10. The molecule has 0 spiro atoms. The first-order chi connectivity index (χ1) is 8.67. The molecule has 2 atom stereocenters. The fourth-order valence-corrected chi connectivity index (χ4v) is 2.18. The zero-order valence-electron chi connectivity index (χ0n) is 12.2. The van der Waals surface area contributed by atoms with Crippen molar-refractivity contribution in [3.8, 4) is 0 Å². The number of hydrogen-bond acceptors (Lipinski definition) is 5. The Balaban J connectivity index is 4.01. The molecule has 6 heteroatoms. The number of rotatable bonds is 7. The Morgan fingerprint density at radius 3 is 2.26 bits per heavy atom. The molecule has 0 aliphatic carbocycles. The summed E-state index contributed by atoms with van der Waals surface area (Å²) >= 11 is 4.59. The van der Waals surface area contributed by atoms with Crippen LogP contribution in [0.4, 0.5) is 0 Å². The lowest BCUT2D eigenvalue weighted by molar-refractivity contribution is -0.154. The summed E-state index contributed by atoms with van der Waals surface area (Å²) in [4.78, 5) is 22.8. The van der Waals surface area contributed by atoms with Gasteiger partial charge in [0.1, 0.15) is 22.3 Å². The Bertz CT molecular complexity index is 300. The first-order valence-corrected chi connectivity index (χ1v) is 8.29. The second-order valence-corrected chi connectivity index (χ2v) is 7.77. The molecule has 0 heterocycles. The molecule has 2 unspecified atom stereocenters. The lowest BCUT2D eigenvalue weighted by Gasteiger charge is -2.23. The van der Waals surface area contributed by atoms with Gasteiger partial charge in [0.15, 0.2) is 0 Å². The molecular weight excluding hydrogens is 332 g/mol. The lowest BCUT2D eigenvalue weighted by Crippen LogP contribution is -2.30.